The van der Waals surface area contributed by atoms with E-state index in [1.165, 1.54) is 0 Å². The number of aliphatic hydroxyl groups excluding tert-OH is 1. The van der Waals surface area contributed by atoms with E-state index in [2.05, 4.69) is 4.99 Å². The summed E-state index contributed by atoms with van der Waals surface area (Å²) in [5.41, 5.74) is 25.6. The molecule has 0 aliphatic heterocycles. The number of nitrogens with zero attached hydrogens (tertiary/aromatic N) is 1. The lowest BCUT2D eigenvalue weighted by molar-refractivity contribution is -0.139. The van der Waals surface area contributed by atoms with Gasteiger partial charge in [-0.05, 0) is 38.0 Å². The summed E-state index contributed by atoms with van der Waals surface area (Å²) in [7, 11) is 0. The Morgan fingerprint density at radius 2 is 1.20 bits per heavy atom. The molecule has 178 valence electrons. The molecule has 0 amide bonds. The highest BCUT2D eigenvalue weighted by molar-refractivity contribution is 5.75. The number of carbonyl (C=O) groups is 3. The Bertz CT molecular complexity index is 513. The molecule has 14 N–H and O–H groups in total. The molecule has 0 radical (unpaired) electrons. The van der Waals surface area contributed by atoms with Crippen LogP contribution in [0.1, 0.15) is 46.0 Å². The highest BCUT2D eigenvalue weighted by Crippen LogP contribution is 2.01. The summed E-state index contributed by atoms with van der Waals surface area (Å²) in [5, 5.41) is 33.1. The van der Waals surface area contributed by atoms with Crippen LogP contribution in [-0.4, -0.2) is 75.6 Å². The fourth-order valence-corrected chi connectivity index (χ4v) is 1.69. The van der Waals surface area contributed by atoms with Crippen molar-refractivity contribution in [2.24, 2.45) is 39.6 Å². The van der Waals surface area contributed by atoms with Crippen LogP contribution in [0.25, 0.3) is 0 Å². The van der Waals surface area contributed by atoms with E-state index in [4.69, 9.17) is 49.1 Å². The van der Waals surface area contributed by atoms with Crippen molar-refractivity contribution >= 4 is 23.9 Å². The fraction of sp³-hybridized carbons (Fsp3) is 0.765. The van der Waals surface area contributed by atoms with Crippen molar-refractivity contribution in [3.05, 3.63) is 0 Å². The normalized spacial score (nSPS) is 12.9. The molecule has 0 fully saturated rings. The average molecular weight is 439 g/mol. The largest absolute Gasteiger partial charge is 0.480 e. The monoisotopic (exact) mass is 438 g/mol. The number of aliphatic imine (C=N–C) groups is 1. The highest BCUT2D eigenvalue weighted by atomic mass is 16.4. The number of carboxylic acids is 3. The molecule has 13 nitrogen and oxygen atoms in total. The van der Waals surface area contributed by atoms with E-state index in [1.54, 1.807) is 0 Å². The number of rotatable bonds is 12. The van der Waals surface area contributed by atoms with Crippen LogP contribution >= 0.6 is 0 Å². The lowest BCUT2D eigenvalue weighted by Gasteiger charge is -2.07. The van der Waals surface area contributed by atoms with Gasteiger partial charge in [0.1, 0.15) is 18.1 Å². The van der Waals surface area contributed by atoms with Crippen molar-refractivity contribution in [1.29, 1.82) is 0 Å². The Balaban J connectivity index is -0.000000371. The molecule has 0 heterocycles. The fourth-order valence-electron chi connectivity index (χ4n) is 1.69. The van der Waals surface area contributed by atoms with E-state index in [-0.39, 0.29) is 12.6 Å². The Labute approximate surface area is 176 Å². The second-order valence-corrected chi connectivity index (χ2v) is 6.78. The summed E-state index contributed by atoms with van der Waals surface area (Å²) in [6.45, 7) is 4.32. The zero-order chi connectivity index (χ0) is 24.3. The van der Waals surface area contributed by atoms with Gasteiger partial charge in [-0.2, -0.15) is 0 Å². The molecule has 30 heavy (non-hydrogen) atoms. The third-order valence-corrected chi connectivity index (χ3v) is 3.32. The maximum Gasteiger partial charge on any atom is 0.320 e. The lowest BCUT2D eigenvalue weighted by Crippen LogP contribution is -2.31. The van der Waals surface area contributed by atoms with Crippen LogP contribution in [0.5, 0.6) is 0 Å². The van der Waals surface area contributed by atoms with E-state index < -0.39 is 36.0 Å². The molecule has 0 saturated carbocycles. The molecule has 0 aromatic carbocycles. The summed E-state index contributed by atoms with van der Waals surface area (Å²) in [5.74, 6) is -2.55. The number of aliphatic hydroxyl groups is 1. The molecule has 0 spiro atoms. The first-order valence-electron chi connectivity index (χ1n) is 9.37. The van der Waals surface area contributed by atoms with Crippen molar-refractivity contribution in [3.63, 3.8) is 0 Å². The lowest BCUT2D eigenvalue weighted by atomic mass is 10.1. The van der Waals surface area contributed by atoms with Gasteiger partial charge in [0.05, 0.1) is 0 Å². The number of carboxylic acid groups (broad SMARTS) is 3. The van der Waals surface area contributed by atoms with Crippen LogP contribution in [0.15, 0.2) is 4.99 Å². The minimum atomic E-state index is -1.01. The third kappa shape index (κ3) is 25.5. The molecule has 0 rings (SSSR count). The van der Waals surface area contributed by atoms with Crippen LogP contribution in [0.3, 0.4) is 0 Å². The Kier molecular flexibility index (Phi) is 21.3. The molecule has 0 saturated heterocycles. The first-order valence-corrected chi connectivity index (χ1v) is 9.37. The van der Waals surface area contributed by atoms with Gasteiger partial charge in [0.25, 0.3) is 0 Å². The topological polar surface area (TPSA) is 275 Å². The van der Waals surface area contributed by atoms with Crippen molar-refractivity contribution in [1.82, 2.24) is 0 Å². The molecule has 0 aliphatic carbocycles. The van der Waals surface area contributed by atoms with Gasteiger partial charge in [0.2, 0.25) is 0 Å². The van der Waals surface area contributed by atoms with E-state index in [0.29, 0.717) is 44.6 Å². The number of guanidine groups is 1. The van der Waals surface area contributed by atoms with Crippen LogP contribution in [0.4, 0.5) is 0 Å². The molecule has 0 aliphatic rings. The zero-order valence-electron chi connectivity index (χ0n) is 17.6. The number of nitrogens with two attached hydrogens (primary N) is 5. The first-order chi connectivity index (χ1) is 13.8. The number of hydrogen-bond donors (Lipinski definition) is 9. The van der Waals surface area contributed by atoms with Crippen LogP contribution in [0, 0.1) is 5.92 Å². The van der Waals surface area contributed by atoms with Crippen LogP contribution in [0.2, 0.25) is 0 Å². The summed E-state index contributed by atoms with van der Waals surface area (Å²) in [4.78, 5) is 34.0. The summed E-state index contributed by atoms with van der Waals surface area (Å²) in [6.07, 6.45) is 2.30. The van der Waals surface area contributed by atoms with Crippen LogP contribution in [-0.2, 0) is 14.4 Å². The second-order valence-electron chi connectivity index (χ2n) is 6.78. The van der Waals surface area contributed by atoms with Gasteiger partial charge in [0, 0.05) is 13.2 Å². The van der Waals surface area contributed by atoms with Gasteiger partial charge >= 0.3 is 17.9 Å². The molecule has 3 atom stereocenters. The molecule has 0 bridgehead atoms. The van der Waals surface area contributed by atoms with Gasteiger partial charge in [-0.25, -0.2) is 0 Å². The molecule has 0 unspecified atom stereocenters. The Morgan fingerprint density at radius 1 is 0.800 bits per heavy atom. The van der Waals surface area contributed by atoms with Gasteiger partial charge in [0.15, 0.2) is 5.96 Å². The average Bonchev–Trinajstić information content (AvgIpc) is 2.63. The number of aliphatic carboxylic acids is 3. The van der Waals surface area contributed by atoms with E-state index >= 15 is 0 Å². The van der Waals surface area contributed by atoms with Crippen molar-refractivity contribution in [2.45, 2.75) is 64.1 Å². The minimum absolute atomic E-state index is 0.000972. The van der Waals surface area contributed by atoms with Gasteiger partial charge in [-0.3, -0.25) is 19.4 Å². The third-order valence-electron chi connectivity index (χ3n) is 3.32. The van der Waals surface area contributed by atoms with Crippen molar-refractivity contribution < 1.29 is 34.8 Å². The summed E-state index contributed by atoms with van der Waals surface area (Å²) < 4.78 is 0. The number of hydrogen-bond acceptors (Lipinski definition) is 8. The maximum absolute atomic E-state index is 10.2. The molecule has 13 heteroatoms. The Morgan fingerprint density at radius 3 is 1.47 bits per heavy atom. The van der Waals surface area contributed by atoms with Gasteiger partial charge < -0.3 is 49.1 Å². The summed E-state index contributed by atoms with van der Waals surface area (Å²) in [6, 6.07) is -2.33. The molecule has 0 aromatic heterocycles. The van der Waals surface area contributed by atoms with Crippen LogP contribution < -0.4 is 28.7 Å². The quantitative estimate of drug-likeness (QED) is 0.0914. The predicted octanol–water partition coefficient (Wildman–Crippen LogP) is -1.93. The van der Waals surface area contributed by atoms with E-state index in [1.807, 2.05) is 13.8 Å². The minimum Gasteiger partial charge on any atom is -0.480 e. The molecule has 0 aromatic rings. The van der Waals surface area contributed by atoms with E-state index in [9.17, 15) is 14.4 Å². The predicted molar refractivity (Wildman–Crippen MR) is 113 cm³/mol. The maximum atomic E-state index is 10.2. The smallest absolute Gasteiger partial charge is 0.320 e. The zero-order valence-corrected chi connectivity index (χ0v) is 17.6. The van der Waals surface area contributed by atoms with Crippen molar-refractivity contribution in [2.75, 3.05) is 13.2 Å². The summed E-state index contributed by atoms with van der Waals surface area (Å²) >= 11 is 0. The second kappa shape index (κ2) is 19.8. The first kappa shape index (κ1) is 32.2. The molecular formula is C17H38N6O7. The Hall–Kier alpha value is -2.48. The SMILES string of the molecule is CC(C)C[C@H](N)C(=O)O.NC(N)=NCCC[C@H](N)C(=O)O.N[C@@H](CCCO)C(=O)O. The highest BCUT2D eigenvalue weighted by Gasteiger charge is 2.12. The molecular weight excluding hydrogens is 400 g/mol. The van der Waals surface area contributed by atoms with Crippen molar-refractivity contribution in [3.8, 4) is 0 Å². The standard InChI is InChI=1S/C6H14N4O2.C6H13NO2.C5H11NO3/c7-4(5(11)12)2-1-3-10-6(8)9;1-4(2)3-5(7)6(8)9;6-4(5(8)9)2-1-3-7/h4H,1-3,7H2,(H,11,12)(H4,8,9,10);4-5H,3,7H2,1-2H3,(H,8,9);4,7H,1-3,6H2,(H,8,9)/t4-;5-;4-/m000/s1. The van der Waals surface area contributed by atoms with E-state index in [0.717, 1.165) is 0 Å². The van der Waals surface area contributed by atoms with Gasteiger partial charge in [-0.15, -0.1) is 0 Å². The van der Waals surface area contributed by atoms with Gasteiger partial charge in [-0.1, -0.05) is 13.8 Å².